The minimum absolute atomic E-state index is 0.283. The number of carbonyl (C=O) groups excluding carboxylic acids is 2. The van der Waals surface area contributed by atoms with E-state index in [0.717, 1.165) is 6.42 Å². The molecule has 1 aliphatic heterocycles. The predicted octanol–water partition coefficient (Wildman–Crippen LogP) is -0.349. The van der Waals surface area contributed by atoms with Crippen molar-refractivity contribution in [3.63, 3.8) is 0 Å². The second-order valence-electron chi connectivity index (χ2n) is 4.67. The summed E-state index contributed by atoms with van der Waals surface area (Å²) in [5, 5.41) is 19.7. The Balaban J connectivity index is 2.76. The van der Waals surface area contributed by atoms with Crippen LogP contribution in [0.3, 0.4) is 0 Å². The van der Waals surface area contributed by atoms with E-state index in [1.807, 2.05) is 0 Å². The maximum Gasteiger partial charge on any atom is 0.328 e. The van der Waals surface area contributed by atoms with Gasteiger partial charge >= 0.3 is 23.9 Å². The molecule has 0 aromatic carbocycles. The van der Waals surface area contributed by atoms with E-state index in [0.29, 0.717) is 12.8 Å². The smallest absolute Gasteiger partial charge is 0.328 e. The average molecular weight is 302 g/mol. The van der Waals surface area contributed by atoms with Crippen molar-refractivity contribution in [1.82, 2.24) is 10.2 Å². The number of hydrogen-bond donors (Lipinski definition) is 3. The number of nitrogens with zero attached hydrogens (tertiary/aromatic N) is 1. The highest BCUT2D eigenvalue weighted by atomic mass is 16.5. The van der Waals surface area contributed by atoms with Crippen molar-refractivity contribution in [2.75, 3.05) is 13.7 Å². The summed E-state index contributed by atoms with van der Waals surface area (Å²) in [5.41, 5.74) is 0. The van der Waals surface area contributed by atoms with Crippen LogP contribution in [0.15, 0.2) is 0 Å². The van der Waals surface area contributed by atoms with E-state index in [1.165, 1.54) is 12.0 Å². The number of carboxylic acid groups (broad SMARTS) is 2. The third kappa shape index (κ3) is 4.62. The van der Waals surface area contributed by atoms with Crippen molar-refractivity contribution in [2.24, 2.45) is 0 Å². The monoisotopic (exact) mass is 302 g/mol. The number of rotatable bonds is 5. The number of nitrogens with one attached hydrogen (secondary N) is 1. The number of hydrogen-bond acceptors (Lipinski definition) is 5. The highest BCUT2D eigenvalue weighted by Crippen LogP contribution is 2.18. The zero-order valence-corrected chi connectivity index (χ0v) is 11.6. The molecule has 0 radical (unpaired) electrons. The fraction of sp³-hybridized carbons (Fsp3) is 0.667. The van der Waals surface area contributed by atoms with Gasteiger partial charge in [0.2, 0.25) is 0 Å². The fourth-order valence-corrected chi connectivity index (χ4v) is 2.16. The number of esters is 1. The van der Waals surface area contributed by atoms with Gasteiger partial charge in [-0.05, 0) is 19.3 Å². The summed E-state index contributed by atoms with van der Waals surface area (Å²) in [7, 11) is 1.21. The van der Waals surface area contributed by atoms with Crippen LogP contribution in [0.4, 0.5) is 4.79 Å². The van der Waals surface area contributed by atoms with E-state index in [-0.39, 0.29) is 6.54 Å². The lowest BCUT2D eigenvalue weighted by Crippen LogP contribution is -2.55. The van der Waals surface area contributed by atoms with E-state index in [1.54, 1.807) is 0 Å². The quantitative estimate of drug-likeness (QED) is 0.591. The molecule has 3 N–H and O–H groups in total. The van der Waals surface area contributed by atoms with Crippen molar-refractivity contribution in [3.8, 4) is 0 Å². The van der Waals surface area contributed by atoms with Crippen LogP contribution >= 0.6 is 0 Å². The molecule has 9 nitrogen and oxygen atoms in total. The predicted molar refractivity (Wildman–Crippen MR) is 68.6 cm³/mol. The number of methoxy groups -OCH3 is 1. The lowest BCUT2D eigenvalue weighted by atomic mass is 10.0. The maximum absolute atomic E-state index is 12.1. The van der Waals surface area contributed by atoms with Crippen LogP contribution < -0.4 is 5.32 Å². The molecule has 118 valence electrons. The summed E-state index contributed by atoms with van der Waals surface area (Å²) in [4.78, 5) is 46.4. The fourth-order valence-electron chi connectivity index (χ4n) is 2.16. The zero-order valence-electron chi connectivity index (χ0n) is 11.6. The van der Waals surface area contributed by atoms with E-state index in [9.17, 15) is 19.2 Å². The van der Waals surface area contributed by atoms with Gasteiger partial charge in [0.25, 0.3) is 0 Å². The summed E-state index contributed by atoms with van der Waals surface area (Å²) in [5.74, 6) is -3.36. The lowest BCUT2D eigenvalue weighted by Gasteiger charge is -2.34. The molecule has 0 saturated carbocycles. The zero-order chi connectivity index (χ0) is 16.0. The number of urea groups is 1. The molecule has 0 aromatic rings. The summed E-state index contributed by atoms with van der Waals surface area (Å²) in [6, 6.07) is -3.10. The number of carboxylic acids is 2. The molecule has 1 heterocycles. The van der Waals surface area contributed by atoms with E-state index >= 15 is 0 Å². The van der Waals surface area contributed by atoms with E-state index in [4.69, 9.17) is 10.2 Å². The molecular formula is C12H18N2O7. The van der Waals surface area contributed by atoms with Gasteiger partial charge in [0.15, 0.2) is 0 Å². The molecule has 2 amide bonds. The molecule has 0 spiro atoms. The van der Waals surface area contributed by atoms with Crippen LogP contribution in [0.5, 0.6) is 0 Å². The Morgan fingerprint density at radius 2 is 1.95 bits per heavy atom. The van der Waals surface area contributed by atoms with Crippen LogP contribution in [-0.2, 0) is 19.1 Å². The van der Waals surface area contributed by atoms with Crippen LogP contribution in [0, 0.1) is 0 Å². The molecule has 9 heteroatoms. The van der Waals surface area contributed by atoms with Crippen molar-refractivity contribution in [3.05, 3.63) is 0 Å². The Morgan fingerprint density at radius 3 is 2.48 bits per heavy atom. The van der Waals surface area contributed by atoms with Gasteiger partial charge in [-0.2, -0.15) is 0 Å². The molecule has 1 fully saturated rings. The molecule has 0 aliphatic carbocycles. The second-order valence-corrected chi connectivity index (χ2v) is 4.67. The van der Waals surface area contributed by atoms with E-state index < -0.39 is 42.4 Å². The van der Waals surface area contributed by atoms with Crippen molar-refractivity contribution in [1.29, 1.82) is 0 Å². The number of likely N-dealkylation sites (tertiary alicyclic amines) is 1. The minimum Gasteiger partial charge on any atom is -0.481 e. The molecule has 0 bridgehead atoms. The van der Waals surface area contributed by atoms with Crippen molar-refractivity contribution < 1.29 is 34.1 Å². The summed E-state index contributed by atoms with van der Waals surface area (Å²) >= 11 is 0. The number of piperidine rings is 1. The molecule has 2 unspecified atom stereocenters. The molecule has 0 aromatic heterocycles. The van der Waals surface area contributed by atoms with Gasteiger partial charge in [0.1, 0.15) is 12.1 Å². The van der Waals surface area contributed by atoms with Gasteiger partial charge in [0.05, 0.1) is 13.5 Å². The molecule has 21 heavy (non-hydrogen) atoms. The second kappa shape index (κ2) is 7.46. The van der Waals surface area contributed by atoms with Crippen LogP contribution in [0.1, 0.15) is 25.7 Å². The third-order valence-corrected chi connectivity index (χ3v) is 3.21. The highest BCUT2D eigenvalue weighted by molar-refractivity contribution is 5.88. The van der Waals surface area contributed by atoms with Gasteiger partial charge < -0.3 is 25.2 Å². The maximum atomic E-state index is 12.1. The number of ether oxygens (including phenoxy) is 1. The van der Waals surface area contributed by atoms with Crippen LogP contribution in [-0.4, -0.2) is 64.8 Å². The SMILES string of the molecule is COC(=O)C1CCCCN1C(=O)NC(CC(=O)O)C(=O)O. The van der Waals surface area contributed by atoms with Gasteiger partial charge in [-0.3, -0.25) is 4.79 Å². The Labute approximate surface area is 120 Å². The molecule has 1 rings (SSSR count). The largest absolute Gasteiger partial charge is 0.481 e. The average Bonchev–Trinajstić information content (AvgIpc) is 2.45. The first-order chi connectivity index (χ1) is 9.86. The Bertz CT molecular complexity index is 437. The Morgan fingerprint density at radius 1 is 1.29 bits per heavy atom. The first kappa shape index (κ1) is 16.7. The standard InChI is InChI=1S/C12H18N2O7/c1-21-11(19)8-4-2-3-5-14(8)12(20)13-7(10(17)18)6-9(15)16/h7-8H,2-6H2,1H3,(H,13,20)(H,15,16)(H,17,18). The highest BCUT2D eigenvalue weighted by Gasteiger charge is 2.35. The molecular weight excluding hydrogens is 284 g/mol. The van der Waals surface area contributed by atoms with Gasteiger partial charge in [-0.1, -0.05) is 0 Å². The minimum atomic E-state index is -1.55. The van der Waals surface area contributed by atoms with Gasteiger partial charge in [-0.15, -0.1) is 0 Å². The third-order valence-electron chi connectivity index (χ3n) is 3.21. The van der Waals surface area contributed by atoms with Gasteiger partial charge in [0, 0.05) is 6.54 Å². The molecule has 1 saturated heterocycles. The Kier molecular flexibility index (Phi) is 5.94. The van der Waals surface area contributed by atoms with Gasteiger partial charge in [-0.25, -0.2) is 14.4 Å². The summed E-state index contributed by atoms with van der Waals surface area (Å²) in [6.07, 6.45) is 1.12. The number of carbonyl (C=O) groups is 4. The van der Waals surface area contributed by atoms with Crippen molar-refractivity contribution in [2.45, 2.75) is 37.8 Å². The lowest BCUT2D eigenvalue weighted by molar-refractivity contribution is -0.147. The number of amides is 2. The van der Waals surface area contributed by atoms with E-state index in [2.05, 4.69) is 10.1 Å². The Hall–Kier alpha value is -2.32. The van der Waals surface area contributed by atoms with Crippen LogP contribution in [0.25, 0.3) is 0 Å². The normalized spacial score (nSPS) is 19.5. The summed E-state index contributed by atoms with van der Waals surface area (Å²) < 4.78 is 4.62. The first-order valence-electron chi connectivity index (χ1n) is 6.46. The van der Waals surface area contributed by atoms with Crippen molar-refractivity contribution >= 4 is 23.9 Å². The first-order valence-corrected chi connectivity index (χ1v) is 6.46. The van der Waals surface area contributed by atoms with Crippen LogP contribution in [0.2, 0.25) is 0 Å². The topological polar surface area (TPSA) is 133 Å². The summed E-state index contributed by atoms with van der Waals surface area (Å²) in [6.45, 7) is 0.283. The molecule has 2 atom stereocenters. The number of aliphatic carboxylic acids is 2. The molecule has 1 aliphatic rings.